The molecule has 1 fully saturated rings. The third-order valence-corrected chi connectivity index (χ3v) is 6.66. The van der Waals surface area contributed by atoms with Crippen LogP contribution in [0, 0.1) is 0 Å². The number of aromatic nitrogens is 1. The molecule has 1 aliphatic rings. The van der Waals surface area contributed by atoms with Crippen molar-refractivity contribution in [2.24, 2.45) is 0 Å². The van der Waals surface area contributed by atoms with Crippen molar-refractivity contribution in [2.75, 3.05) is 32.4 Å². The number of thiophene rings is 1. The summed E-state index contributed by atoms with van der Waals surface area (Å²) in [5.41, 5.74) is 0. The first-order chi connectivity index (χ1) is 10.3. The molecule has 2 aromatic heterocycles. The third-order valence-electron chi connectivity index (χ3n) is 3.74. The highest BCUT2D eigenvalue weighted by Gasteiger charge is 2.16. The Hall–Kier alpha value is -0.400. The fraction of sp³-hybridized carbons (Fsp3) is 0.533. The van der Waals surface area contributed by atoms with Gasteiger partial charge in [-0.3, -0.25) is 9.80 Å². The maximum atomic E-state index is 4.40. The second-order valence-corrected chi connectivity index (χ2v) is 8.51. The van der Waals surface area contributed by atoms with Crippen LogP contribution in [0.1, 0.15) is 16.3 Å². The van der Waals surface area contributed by atoms with Crippen LogP contribution in [-0.4, -0.2) is 47.2 Å². The van der Waals surface area contributed by atoms with Crippen LogP contribution in [0.2, 0.25) is 0 Å². The van der Waals surface area contributed by atoms with Gasteiger partial charge in [-0.15, -0.1) is 34.4 Å². The lowest BCUT2D eigenvalue weighted by atomic mass is 10.3. The lowest BCUT2D eigenvalue weighted by Gasteiger charge is -2.20. The van der Waals surface area contributed by atoms with Crippen molar-refractivity contribution in [1.82, 2.24) is 14.8 Å². The molecule has 2 aromatic rings. The van der Waals surface area contributed by atoms with Gasteiger partial charge in [0.25, 0.3) is 0 Å². The van der Waals surface area contributed by atoms with E-state index in [1.54, 1.807) is 11.3 Å². The Morgan fingerprint density at radius 3 is 2.62 bits per heavy atom. The maximum Gasteiger partial charge on any atom is 0.107 e. The van der Waals surface area contributed by atoms with Crippen LogP contribution in [0.3, 0.4) is 0 Å². The molecule has 0 aliphatic carbocycles. The van der Waals surface area contributed by atoms with E-state index in [4.69, 9.17) is 0 Å². The number of thioether (sulfide) groups is 1. The van der Waals surface area contributed by atoms with E-state index >= 15 is 0 Å². The van der Waals surface area contributed by atoms with E-state index in [-0.39, 0.29) is 0 Å². The van der Waals surface area contributed by atoms with Crippen LogP contribution in [0.25, 0.3) is 0 Å². The molecule has 114 valence electrons. The van der Waals surface area contributed by atoms with Gasteiger partial charge in [0.15, 0.2) is 0 Å². The minimum absolute atomic E-state index is 1.02. The van der Waals surface area contributed by atoms with Gasteiger partial charge in [0.2, 0.25) is 0 Å². The predicted molar refractivity (Wildman–Crippen MR) is 93.4 cm³/mol. The molecular formula is C15H21N3S3. The number of rotatable bonds is 5. The fourth-order valence-corrected chi connectivity index (χ4v) is 4.93. The molecule has 0 N–H and O–H groups in total. The molecule has 0 unspecified atom stereocenters. The molecule has 0 aromatic carbocycles. The van der Waals surface area contributed by atoms with E-state index < -0.39 is 0 Å². The normalized spacial score (nSPS) is 18.0. The Morgan fingerprint density at radius 2 is 1.95 bits per heavy atom. The van der Waals surface area contributed by atoms with Gasteiger partial charge in [-0.2, -0.15) is 0 Å². The van der Waals surface area contributed by atoms with Crippen molar-refractivity contribution in [3.63, 3.8) is 0 Å². The summed E-state index contributed by atoms with van der Waals surface area (Å²) in [6.45, 7) is 6.84. The van der Waals surface area contributed by atoms with Crippen LogP contribution in [-0.2, 0) is 13.1 Å². The summed E-state index contributed by atoms with van der Waals surface area (Å²) in [4.78, 5) is 11.0. The van der Waals surface area contributed by atoms with Crippen LogP contribution >= 0.6 is 34.4 Å². The average Bonchev–Trinajstić information content (AvgIpc) is 3.10. The highest BCUT2D eigenvalue weighted by atomic mass is 32.2. The van der Waals surface area contributed by atoms with Gasteiger partial charge >= 0.3 is 0 Å². The molecule has 0 bridgehead atoms. The van der Waals surface area contributed by atoms with Crippen LogP contribution in [0.4, 0.5) is 0 Å². The van der Waals surface area contributed by atoms with Gasteiger partial charge < -0.3 is 0 Å². The van der Waals surface area contributed by atoms with E-state index in [0.29, 0.717) is 0 Å². The van der Waals surface area contributed by atoms with Crippen molar-refractivity contribution in [1.29, 1.82) is 0 Å². The second-order valence-electron chi connectivity index (χ2n) is 5.26. The molecule has 6 heteroatoms. The highest BCUT2D eigenvalue weighted by molar-refractivity contribution is 8.00. The first-order valence-corrected chi connectivity index (χ1v) is 10.2. The summed E-state index contributed by atoms with van der Waals surface area (Å²) >= 11 is 5.55. The minimum Gasteiger partial charge on any atom is -0.297 e. The zero-order valence-corrected chi connectivity index (χ0v) is 14.8. The molecule has 1 aliphatic heterocycles. The largest absolute Gasteiger partial charge is 0.297 e. The minimum atomic E-state index is 1.02. The van der Waals surface area contributed by atoms with E-state index in [2.05, 4.69) is 38.6 Å². The highest BCUT2D eigenvalue weighted by Crippen LogP contribution is 2.26. The van der Waals surface area contributed by atoms with E-state index in [1.807, 2.05) is 29.3 Å². The molecule has 3 rings (SSSR count). The lowest BCUT2D eigenvalue weighted by molar-refractivity contribution is 0.248. The monoisotopic (exact) mass is 339 g/mol. The van der Waals surface area contributed by atoms with Crippen molar-refractivity contribution in [2.45, 2.75) is 23.7 Å². The third kappa shape index (κ3) is 4.53. The molecule has 0 amide bonds. The van der Waals surface area contributed by atoms with Gasteiger partial charge in [-0.1, -0.05) is 0 Å². The SMILES string of the molecule is CSc1ccc(CN2CCCN(Cc3nccs3)CC2)s1. The first kappa shape index (κ1) is 15.5. The quantitative estimate of drug-likeness (QED) is 0.774. The Bertz CT molecular complexity index is 538. The zero-order valence-electron chi connectivity index (χ0n) is 12.3. The van der Waals surface area contributed by atoms with Gasteiger partial charge in [0, 0.05) is 36.1 Å². The van der Waals surface area contributed by atoms with Crippen molar-refractivity contribution >= 4 is 34.4 Å². The van der Waals surface area contributed by atoms with Crippen LogP contribution in [0.5, 0.6) is 0 Å². The number of thiazole rings is 1. The Morgan fingerprint density at radius 1 is 1.14 bits per heavy atom. The van der Waals surface area contributed by atoms with Gasteiger partial charge in [-0.25, -0.2) is 4.98 Å². The summed E-state index contributed by atoms with van der Waals surface area (Å²) in [6, 6.07) is 4.53. The van der Waals surface area contributed by atoms with Crippen molar-refractivity contribution in [3.8, 4) is 0 Å². The van der Waals surface area contributed by atoms with E-state index in [1.165, 1.54) is 33.6 Å². The standard InChI is InChI=1S/C15H21N3S3/c1-19-15-4-3-13(21-15)11-17-6-2-7-18(9-8-17)12-14-16-5-10-20-14/h3-5,10H,2,6-9,11-12H2,1H3. The summed E-state index contributed by atoms with van der Waals surface area (Å²) in [5.74, 6) is 0. The predicted octanol–water partition coefficient (Wildman–Crippen LogP) is 3.63. The molecule has 3 nitrogen and oxygen atoms in total. The number of nitrogens with zero attached hydrogens (tertiary/aromatic N) is 3. The van der Waals surface area contributed by atoms with Gasteiger partial charge in [0.1, 0.15) is 5.01 Å². The van der Waals surface area contributed by atoms with E-state index in [9.17, 15) is 0 Å². The van der Waals surface area contributed by atoms with Crippen LogP contribution < -0.4 is 0 Å². The molecule has 3 heterocycles. The molecule has 0 spiro atoms. The Kier molecular flexibility index (Phi) is 5.71. The zero-order chi connectivity index (χ0) is 14.5. The molecule has 0 radical (unpaired) electrons. The molecule has 21 heavy (non-hydrogen) atoms. The summed E-state index contributed by atoms with van der Waals surface area (Å²) in [7, 11) is 0. The van der Waals surface area contributed by atoms with Gasteiger partial charge in [0.05, 0.1) is 10.8 Å². The summed E-state index contributed by atoms with van der Waals surface area (Å²) in [6.07, 6.45) is 5.31. The first-order valence-electron chi connectivity index (χ1n) is 7.29. The molecule has 0 saturated carbocycles. The Labute approximate surface area is 139 Å². The topological polar surface area (TPSA) is 19.4 Å². The van der Waals surface area contributed by atoms with Crippen LogP contribution in [0.15, 0.2) is 27.9 Å². The molecule has 0 atom stereocenters. The molecular weight excluding hydrogens is 318 g/mol. The lowest BCUT2D eigenvalue weighted by Crippen LogP contribution is -2.30. The Balaban J connectivity index is 1.50. The van der Waals surface area contributed by atoms with Crippen molar-refractivity contribution in [3.05, 3.63) is 33.6 Å². The average molecular weight is 340 g/mol. The number of hydrogen-bond acceptors (Lipinski definition) is 6. The fourth-order valence-electron chi connectivity index (χ4n) is 2.64. The maximum absolute atomic E-state index is 4.40. The van der Waals surface area contributed by atoms with E-state index in [0.717, 1.165) is 26.2 Å². The van der Waals surface area contributed by atoms with Gasteiger partial charge in [-0.05, 0) is 37.9 Å². The summed E-state index contributed by atoms with van der Waals surface area (Å²) in [5, 5.41) is 3.31. The summed E-state index contributed by atoms with van der Waals surface area (Å²) < 4.78 is 1.42. The van der Waals surface area contributed by atoms with Crippen molar-refractivity contribution < 1.29 is 0 Å². The number of hydrogen-bond donors (Lipinski definition) is 0. The second kappa shape index (κ2) is 7.74. The molecule has 1 saturated heterocycles. The smallest absolute Gasteiger partial charge is 0.107 e.